The van der Waals surface area contributed by atoms with E-state index in [0.29, 0.717) is 17.9 Å². The molecule has 32 heavy (non-hydrogen) atoms. The molecule has 0 unspecified atom stereocenters. The summed E-state index contributed by atoms with van der Waals surface area (Å²) in [5.74, 6) is -0.515. The number of hydrogen-bond donors (Lipinski definition) is 3. The Morgan fingerprint density at radius 2 is 2.03 bits per heavy atom. The number of likely N-dealkylation sites (tertiary alicyclic amines) is 1. The highest BCUT2D eigenvalue weighted by Crippen LogP contribution is 2.54. The monoisotopic (exact) mass is 439 g/mol. The number of aromatic hydroxyl groups is 2. The van der Waals surface area contributed by atoms with Crippen LogP contribution < -0.4 is 4.74 Å². The highest BCUT2D eigenvalue weighted by molar-refractivity contribution is 5.91. The number of phenols is 2. The van der Waals surface area contributed by atoms with Crippen LogP contribution in [-0.2, 0) is 11.3 Å². The normalized spacial score (nSPS) is 28.3. The molecule has 170 valence electrons. The van der Waals surface area contributed by atoms with Crippen molar-refractivity contribution < 1.29 is 29.6 Å². The number of ether oxygens (including phenoxy) is 2. The number of aryl methyl sites for hydroxylation is 1. The second-order valence-electron chi connectivity index (χ2n) is 9.78. The van der Waals surface area contributed by atoms with Crippen LogP contribution in [0.15, 0.2) is 30.3 Å². The van der Waals surface area contributed by atoms with Crippen LogP contribution in [-0.4, -0.2) is 50.5 Å². The Morgan fingerprint density at radius 3 is 2.78 bits per heavy atom. The molecule has 2 aromatic rings. The third kappa shape index (κ3) is 3.31. The van der Waals surface area contributed by atoms with Crippen molar-refractivity contribution in [2.45, 2.75) is 64.0 Å². The average Bonchev–Trinajstić information content (AvgIpc) is 3.12. The zero-order valence-corrected chi connectivity index (χ0v) is 18.5. The van der Waals surface area contributed by atoms with Crippen molar-refractivity contribution in [2.75, 3.05) is 6.54 Å². The van der Waals surface area contributed by atoms with Gasteiger partial charge >= 0.3 is 5.97 Å². The first-order chi connectivity index (χ1) is 15.2. The SMILES string of the molecule is Cc1cc(CN2CC[C@H]3O[C@H]4c5cccc(O)c5OC(C)(C)[C@@H]4C[C@@H]32)cc(C(=O)O)c1O. The Morgan fingerprint density at radius 1 is 1.25 bits per heavy atom. The molecule has 2 fully saturated rings. The van der Waals surface area contributed by atoms with E-state index in [-0.39, 0.29) is 41.2 Å². The largest absolute Gasteiger partial charge is 0.507 e. The van der Waals surface area contributed by atoms with Crippen molar-refractivity contribution in [3.05, 3.63) is 52.6 Å². The van der Waals surface area contributed by atoms with Gasteiger partial charge in [0, 0.05) is 30.6 Å². The Balaban J connectivity index is 1.41. The van der Waals surface area contributed by atoms with E-state index < -0.39 is 11.6 Å². The summed E-state index contributed by atoms with van der Waals surface area (Å²) in [6, 6.07) is 9.06. The number of phenolic OH excluding ortho intramolecular Hbond substituents is 1. The standard InChI is InChI=1S/C25H29NO6/c1-13-9-14(10-16(21(13)28)24(29)30)12-26-8-7-20-18(26)11-17-22(31-20)15-5-4-6-19(27)23(15)32-25(17,2)3/h4-6,9-10,17-18,20,22,27-28H,7-8,11-12H2,1-3H3,(H,29,30)/t17-,18+,20-,22+/m1/s1. The topological polar surface area (TPSA) is 99.5 Å². The van der Waals surface area contributed by atoms with E-state index >= 15 is 0 Å². The molecular formula is C25H29NO6. The lowest BCUT2D eigenvalue weighted by Gasteiger charge is -2.50. The second kappa shape index (κ2) is 7.39. The number of para-hydroxylation sites is 1. The molecule has 0 amide bonds. The maximum absolute atomic E-state index is 11.5. The molecule has 2 aromatic carbocycles. The van der Waals surface area contributed by atoms with Gasteiger partial charge in [0.1, 0.15) is 16.9 Å². The van der Waals surface area contributed by atoms with E-state index in [9.17, 15) is 20.1 Å². The lowest BCUT2D eigenvalue weighted by Crippen LogP contribution is -2.53. The van der Waals surface area contributed by atoms with E-state index in [1.807, 2.05) is 32.0 Å². The first-order valence-electron chi connectivity index (χ1n) is 11.1. The van der Waals surface area contributed by atoms with Gasteiger partial charge in [-0.2, -0.15) is 0 Å². The first-order valence-corrected chi connectivity index (χ1v) is 11.1. The lowest BCUT2D eigenvalue weighted by molar-refractivity contribution is -0.163. The molecule has 0 aromatic heterocycles. The van der Waals surface area contributed by atoms with Gasteiger partial charge < -0.3 is 24.8 Å². The molecule has 0 aliphatic carbocycles. The van der Waals surface area contributed by atoms with Gasteiger partial charge in [0.05, 0.1) is 12.2 Å². The number of fused-ring (bicyclic) bond motifs is 4. The third-order valence-corrected chi connectivity index (χ3v) is 7.35. The minimum absolute atomic E-state index is 0.0612. The van der Waals surface area contributed by atoms with Crippen molar-refractivity contribution in [3.8, 4) is 17.2 Å². The molecular weight excluding hydrogens is 410 g/mol. The number of aromatic carboxylic acids is 1. The number of benzene rings is 2. The number of carboxylic acids is 1. The molecule has 3 aliphatic rings. The van der Waals surface area contributed by atoms with Gasteiger partial charge in [-0.25, -0.2) is 4.79 Å². The van der Waals surface area contributed by atoms with Crippen LogP contribution in [0, 0.1) is 12.8 Å². The number of nitrogens with zero attached hydrogens (tertiary/aromatic N) is 1. The van der Waals surface area contributed by atoms with Crippen molar-refractivity contribution >= 4 is 5.97 Å². The van der Waals surface area contributed by atoms with Crippen molar-refractivity contribution in [1.29, 1.82) is 0 Å². The van der Waals surface area contributed by atoms with Crippen LogP contribution in [0.3, 0.4) is 0 Å². The zero-order chi connectivity index (χ0) is 22.8. The van der Waals surface area contributed by atoms with Gasteiger partial charge in [0.25, 0.3) is 0 Å². The molecule has 5 rings (SSSR count). The predicted octanol–water partition coefficient (Wildman–Crippen LogP) is 4.00. The van der Waals surface area contributed by atoms with E-state index in [1.165, 1.54) is 0 Å². The minimum atomic E-state index is -1.13. The van der Waals surface area contributed by atoms with E-state index in [1.54, 1.807) is 19.1 Å². The quantitative estimate of drug-likeness (QED) is 0.665. The number of carbonyl (C=O) groups is 1. The Labute approximate surface area is 187 Å². The predicted molar refractivity (Wildman–Crippen MR) is 117 cm³/mol. The summed E-state index contributed by atoms with van der Waals surface area (Å²) in [5, 5.41) is 29.8. The van der Waals surface area contributed by atoms with Gasteiger partial charge in [-0.15, -0.1) is 0 Å². The molecule has 0 saturated carbocycles. The molecule has 0 spiro atoms. The van der Waals surface area contributed by atoms with Gasteiger partial charge in [0.2, 0.25) is 0 Å². The summed E-state index contributed by atoms with van der Waals surface area (Å²) in [5.41, 5.74) is 1.78. The van der Waals surface area contributed by atoms with Crippen LogP contribution in [0.2, 0.25) is 0 Å². The lowest BCUT2D eigenvalue weighted by atomic mass is 9.74. The Bertz CT molecular complexity index is 1080. The first kappa shape index (κ1) is 21.1. The highest BCUT2D eigenvalue weighted by Gasteiger charge is 2.53. The molecule has 4 atom stereocenters. The average molecular weight is 440 g/mol. The smallest absolute Gasteiger partial charge is 0.339 e. The molecule has 2 saturated heterocycles. The molecule has 0 radical (unpaired) electrons. The van der Waals surface area contributed by atoms with E-state index in [0.717, 1.165) is 30.5 Å². The number of rotatable bonds is 3. The van der Waals surface area contributed by atoms with Crippen molar-refractivity contribution in [1.82, 2.24) is 4.90 Å². The molecule has 3 N–H and O–H groups in total. The van der Waals surface area contributed by atoms with Gasteiger partial charge in [-0.05, 0) is 56.9 Å². The molecule has 3 aliphatic heterocycles. The van der Waals surface area contributed by atoms with Crippen LogP contribution in [0.25, 0.3) is 0 Å². The number of carboxylic acid groups (broad SMARTS) is 1. The molecule has 3 heterocycles. The summed E-state index contributed by atoms with van der Waals surface area (Å²) in [4.78, 5) is 13.9. The summed E-state index contributed by atoms with van der Waals surface area (Å²) in [6.45, 7) is 7.27. The zero-order valence-electron chi connectivity index (χ0n) is 18.5. The van der Waals surface area contributed by atoms with Gasteiger partial charge in [-0.3, -0.25) is 4.90 Å². The minimum Gasteiger partial charge on any atom is -0.507 e. The van der Waals surface area contributed by atoms with Gasteiger partial charge in [-0.1, -0.05) is 18.2 Å². The fraction of sp³-hybridized carbons (Fsp3) is 0.480. The fourth-order valence-electron chi connectivity index (χ4n) is 5.71. The van der Waals surface area contributed by atoms with Crippen LogP contribution in [0.4, 0.5) is 0 Å². The summed E-state index contributed by atoms with van der Waals surface area (Å²) >= 11 is 0. The summed E-state index contributed by atoms with van der Waals surface area (Å²) in [6.07, 6.45) is 1.72. The summed E-state index contributed by atoms with van der Waals surface area (Å²) < 4.78 is 12.9. The van der Waals surface area contributed by atoms with E-state index in [2.05, 4.69) is 4.90 Å². The van der Waals surface area contributed by atoms with Crippen LogP contribution >= 0.6 is 0 Å². The Hall–Kier alpha value is -2.77. The maximum Gasteiger partial charge on any atom is 0.339 e. The third-order valence-electron chi connectivity index (χ3n) is 7.35. The van der Waals surface area contributed by atoms with Crippen molar-refractivity contribution in [3.63, 3.8) is 0 Å². The molecule has 7 heteroatoms. The summed E-state index contributed by atoms with van der Waals surface area (Å²) in [7, 11) is 0. The van der Waals surface area contributed by atoms with Gasteiger partial charge in [0.15, 0.2) is 11.5 Å². The van der Waals surface area contributed by atoms with Crippen LogP contribution in [0.1, 0.15) is 59.8 Å². The molecule has 7 nitrogen and oxygen atoms in total. The van der Waals surface area contributed by atoms with Crippen molar-refractivity contribution in [2.24, 2.45) is 5.92 Å². The maximum atomic E-state index is 11.5. The fourth-order valence-corrected chi connectivity index (χ4v) is 5.71. The molecule has 0 bridgehead atoms. The highest BCUT2D eigenvalue weighted by atomic mass is 16.5. The van der Waals surface area contributed by atoms with Crippen LogP contribution in [0.5, 0.6) is 17.2 Å². The Kier molecular flexibility index (Phi) is 4.87. The van der Waals surface area contributed by atoms with E-state index in [4.69, 9.17) is 9.47 Å². The second-order valence-corrected chi connectivity index (χ2v) is 9.78. The number of hydrogen-bond acceptors (Lipinski definition) is 6.